The second-order valence-electron chi connectivity index (χ2n) is 9.40. The highest BCUT2D eigenvalue weighted by molar-refractivity contribution is 7.89. The quantitative estimate of drug-likeness (QED) is 0.250. The molecule has 206 valence electrons. The Balaban J connectivity index is 0.00000353. The molecule has 2 N–H and O–H groups in total. The summed E-state index contributed by atoms with van der Waals surface area (Å²) in [6.45, 7) is 3.87. The first kappa shape index (κ1) is 28.7. The number of rotatable bonds is 9. The molecule has 0 aliphatic carbocycles. The molecule has 1 aliphatic rings. The molecule has 9 heteroatoms. The van der Waals surface area contributed by atoms with E-state index in [1.807, 2.05) is 42.5 Å². The van der Waals surface area contributed by atoms with Crippen molar-refractivity contribution in [1.82, 2.24) is 9.62 Å². The summed E-state index contributed by atoms with van der Waals surface area (Å²) in [5.41, 5.74) is 1.61. The van der Waals surface area contributed by atoms with Crippen LogP contribution in [-0.2, 0) is 10.0 Å². The lowest BCUT2D eigenvalue weighted by molar-refractivity contribution is 0.183. The summed E-state index contributed by atoms with van der Waals surface area (Å²) in [7, 11) is -2.15. The van der Waals surface area contributed by atoms with Gasteiger partial charge in [0.1, 0.15) is 29.6 Å². The van der Waals surface area contributed by atoms with Crippen molar-refractivity contribution in [2.75, 3.05) is 33.3 Å². The molecule has 1 saturated heterocycles. The number of hydrogen-bond acceptors (Lipinski definition) is 6. The monoisotopic (exact) mass is 568 g/mol. The Hall–Kier alpha value is -3.30. The number of phenols is 1. The maximum Gasteiger partial charge on any atom is 0.240 e. The highest BCUT2D eigenvalue weighted by Crippen LogP contribution is 2.41. The van der Waals surface area contributed by atoms with Gasteiger partial charge in [-0.15, -0.1) is 12.4 Å². The van der Waals surface area contributed by atoms with Crippen LogP contribution in [0.1, 0.15) is 19.3 Å². The number of halogens is 1. The van der Waals surface area contributed by atoms with Gasteiger partial charge in [-0.05, 0) is 105 Å². The second-order valence-corrected chi connectivity index (χ2v) is 11.3. The van der Waals surface area contributed by atoms with E-state index in [4.69, 9.17) is 9.47 Å². The lowest BCUT2D eigenvalue weighted by Gasteiger charge is -2.26. The van der Waals surface area contributed by atoms with E-state index in [9.17, 15) is 13.5 Å². The molecule has 1 aliphatic heterocycles. The summed E-state index contributed by atoms with van der Waals surface area (Å²) in [6, 6.07) is 23.2. The highest BCUT2D eigenvalue weighted by Gasteiger charge is 2.16. The number of fused-ring (bicyclic) bond motifs is 1. The molecule has 39 heavy (non-hydrogen) atoms. The minimum Gasteiger partial charge on any atom is -0.508 e. The van der Waals surface area contributed by atoms with Gasteiger partial charge in [0.2, 0.25) is 10.0 Å². The van der Waals surface area contributed by atoms with Crippen LogP contribution in [0.25, 0.3) is 21.9 Å². The number of likely N-dealkylation sites (tertiary alicyclic amines) is 1. The molecule has 0 bridgehead atoms. The van der Waals surface area contributed by atoms with Crippen LogP contribution in [0, 0.1) is 0 Å². The van der Waals surface area contributed by atoms with E-state index >= 15 is 0 Å². The number of nitrogens with one attached hydrogen (secondary N) is 1. The van der Waals surface area contributed by atoms with E-state index in [1.54, 1.807) is 36.4 Å². The van der Waals surface area contributed by atoms with E-state index in [2.05, 4.69) is 9.62 Å². The van der Waals surface area contributed by atoms with Crippen LogP contribution in [-0.4, -0.2) is 51.7 Å². The normalized spacial score (nSPS) is 14.1. The fraction of sp³-hybridized carbons (Fsp3) is 0.267. The number of sulfonamides is 1. The molecule has 1 heterocycles. The first-order chi connectivity index (χ1) is 18.4. The summed E-state index contributed by atoms with van der Waals surface area (Å²) >= 11 is 0. The summed E-state index contributed by atoms with van der Waals surface area (Å²) in [5.74, 6) is 2.22. The number of benzene rings is 4. The molecule has 0 saturated carbocycles. The number of nitrogens with zero attached hydrogens (tertiary/aromatic N) is 1. The second kappa shape index (κ2) is 12.7. The largest absolute Gasteiger partial charge is 0.508 e. The van der Waals surface area contributed by atoms with Crippen LogP contribution >= 0.6 is 12.4 Å². The summed E-state index contributed by atoms with van der Waals surface area (Å²) in [5, 5.41) is 11.6. The Morgan fingerprint density at radius 3 is 2.26 bits per heavy atom. The van der Waals surface area contributed by atoms with Gasteiger partial charge < -0.3 is 14.6 Å². The molecule has 4 aromatic rings. The number of hydrogen-bond donors (Lipinski definition) is 2. The van der Waals surface area contributed by atoms with Crippen molar-refractivity contribution in [1.29, 1.82) is 0 Å². The first-order valence-electron chi connectivity index (χ1n) is 12.9. The van der Waals surface area contributed by atoms with Crippen molar-refractivity contribution in [3.8, 4) is 34.1 Å². The summed E-state index contributed by atoms with van der Waals surface area (Å²) < 4.78 is 39.0. The van der Waals surface area contributed by atoms with Crippen LogP contribution in [0.3, 0.4) is 0 Å². The minimum absolute atomic E-state index is 0. The van der Waals surface area contributed by atoms with Crippen LogP contribution in [0.15, 0.2) is 83.8 Å². The average molecular weight is 569 g/mol. The Bertz CT molecular complexity index is 1500. The highest BCUT2D eigenvalue weighted by atomic mass is 35.5. The van der Waals surface area contributed by atoms with Gasteiger partial charge in [-0.1, -0.05) is 24.6 Å². The lowest BCUT2D eigenvalue weighted by Crippen LogP contribution is -2.33. The Kier molecular flexibility index (Phi) is 9.35. The Morgan fingerprint density at radius 2 is 1.56 bits per heavy atom. The molecule has 4 aromatic carbocycles. The van der Waals surface area contributed by atoms with Crippen LogP contribution in [0.2, 0.25) is 0 Å². The molecule has 1 fully saturated rings. The van der Waals surface area contributed by atoms with Gasteiger partial charge in [-0.2, -0.15) is 0 Å². The number of phenolic OH excluding ortho intramolecular Hbond substituents is 1. The third kappa shape index (κ3) is 6.83. The van der Waals surface area contributed by atoms with Crippen molar-refractivity contribution in [2.45, 2.75) is 24.2 Å². The maximum absolute atomic E-state index is 12.2. The predicted octanol–water partition coefficient (Wildman–Crippen LogP) is 6.20. The number of ether oxygens (including phenoxy) is 2. The maximum atomic E-state index is 12.2. The van der Waals surface area contributed by atoms with Crippen LogP contribution in [0.4, 0.5) is 0 Å². The molecule has 0 unspecified atom stereocenters. The van der Waals surface area contributed by atoms with Gasteiger partial charge in [0.05, 0.1) is 4.90 Å². The number of piperidine rings is 1. The molecule has 0 amide bonds. The predicted molar refractivity (Wildman–Crippen MR) is 157 cm³/mol. The lowest BCUT2D eigenvalue weighted by atomic mass is 9.99. The summed E-state index contributed by atoms with van der Waals surface area (Å²) in [4.78, 5) is 2.63. The standard InChI is InChI=1S/C30H32N2O5S.ClH/c1-31-38(34,35)27-13-5-22(6-14-27)28-15-7-23-21-24(33)8-16-29(23)30(28)37-26-11-9-25(10-12-26)36-20-19-32-17-3-2-4-18-32;/h5-16,21,31,33H,2-4,17-20H2,1H3;1H. The molecule has 0 radical (unpaired) electrons. The smallest absolute Gasteiger partial charge is 0.240 e. The van der Waals surface area contributed by atoms with Crippen molar-refractivity contribution >= 4 is 33.2 Å². The van der Waals surface area contributed by atoms with Gasteiger partial charge in [0.25, 0.3) is 0 Å². The third-order valence-corrected chi connectivity index (χ3v) is 8.30. The first-order valence-corrected chi connectivity index (χ1v) is 14.3. The van der Waals surface area contributed by atoms with E-state index < -0.39 is 10.0 Å². The van der Waals surface area contributed by atoms with Crippen molar-refractivity contribution in [3.05, 3.63) is 78.9 Å². The van der Waals surface area contributed by atoms with E-state index in [-0.39, 0.29) is 23.1 Å². The SMILES string of the molecule is CNS(=O)(=O)c1ccc(-c2ccc3cc(O)ccc3c2Oc2ccc(OCCN3CCCCC3)cc2)cc1.Cl. The van der Waals surface area contributed by atoms with E-state index in [0.717, 1.165) is 47.3 Å². The van der Waals surface area contributed by atoms with Crippen LogP contribution in [0.5, 0.6) is 23.0 Å². The third-order valence-electron chi connectivity index (χ3n) is 6.87. The van der Waals surface area contributed by atoms with Gasteiger partial charge in [-0.3, -0.25) is 4.90 Å². The fourth-order valence-electron chi connectivity index (χ4n) is 4.75. The van der Waals surface area contributed by atoms with Gasteiger partial charge in [0, 0.05) is 17.5 Å². The van der Waals surface area contributed by atoms with Crippen molar-refractivity contribution < 1.29 is 23.0 Å². The Labute approximate surface area is 235 Å². The topological polar surface area (TPSA) is 88.1 Å². The number of aromatic hydroxyl groups is 1. The molecular weight excluding hydrogens is 536 g/mol. The molecule has 0 aromatic heterocycles. The zero-order chi connectivity index (χ0) is 26.5. The molecular formula is C30H33ClN2O5S. The molecule has 0 atom stereocenters. The molecule has 0 spiro atoms. The van der Waals surface area contributed by atoms with E-state index in [1.165, 1.54) is 26.3 Å². The average Bonchev–Trinajstić information content (AvgIpc) is 2.94. The zero-order valence-corrected chi connectivity index (χ0v) is 23.4. The zero-order valence-electron chi connectivity index (χ0n) is 21.8. The fourth-order valence-corrected chi connectivity index (χ4v) is 5.48. The summed E-state index contributed by atoms with van der Waals surface area (Å²) in [6.07, 6.45) is 3.85. The Morgan fingerprint density at radius 1 is 0.872 bits per heavy atom. The van der Waals surface area contributed by atoms with Crippen molar-refractivity contribution in [2.24, 2.45) is 0 Å². The minimum atomic E-state index is -3.54. The van der Waals surface area contributed by atoms with Crippen LogP contribution < -0.4 is 14.2 Å². The van der Waals surface area contributed by atoms with Gasteiger partial charge in [-0.25, -0.2) is 13.1 Å². The van der Waals surface area contributed by atoms with E-state index in [0.29, 0.717) is 18.1 Å². The molecule has 7 nitrogen and oxygen atoms in total. The van der Waals surface area contributed by atoms with Gasteiger partial charge in [0.15, 0.2) is 0 Å². The van der Waals surface area contributed by atoms with Gasteiger partial charge >= 0.3 is 0 Å². The molecule has 5 rings (SSSR count). The van der Waals surface area contributed by atoms with Crippen molar-refractivity contribution in [3.63, 3.8) is 0 Å².